The van der Waals surface area contributed by atoms with E-state index in [2.05, 4.69) is 15.8 Å². The topological polar surface area (TPSA) is 110 Å². The van der Waals surface area contributed by atoms with E-state index in [1.165, 1.54) is 12.3 Å². The van der Waals surface area contributed by atoms with Gasteiger partial charge in [0, 0.05) is 17.1 Å². The molecular formula is C23H18N4O4. The Morgan fingerprint density at radius 2 is 1.77 bits per heavy atom. The average Bonchev–Trinajstić information content (AvgIpc) is 3.26. The Morgan fingerprint density at radius 3 is 2.65 bits per heavy atom. The number of nitrogens with zero attached hydrogens (tertiary/aromatic N) is 2. The molecule has 0 saturated heterocycles. The molecule has 1 amide bonds. The summed E-state index contributed by atoms with van der Waals surface area (Å²) in [5.41, 5.74) is 3.61. The number of carbonyl (C=O) groups excluding carboxylic acids is 1. The minimum absolute atomic E-state index is 0.0466. The number of nitrogens with one attached hydrogen (secondary N) is 2. The van der Waals surface area contributed by atoms with Crippen molar-refractivity contribution in [3.63, 3.8) is 0 Å². The Morgan fingerprint density at radius 1 is 1.00 bits per heavy atom. The molecule has 0 saturated carbocycles. The maximum atomic E-state index is 12.1. The summed E-state index contributed by atoms with van der Waals surface area (Å²) in [4.78, 5) is 22.8. The minimum atomic E-state index is -0.464. The first kappa shape index (κ1) is 19.8. The van der Waals surface area contributed by atoms with Gasteiger partial charge in [-0.2, -0.15) is 5.10 Å². The summed E-state index contributed by atoms with van der Waals surface area (Å²) in [6.45, 7) is 0.0466. The van der Waals surface area contributed by atoms with Gasteiger partial charge in [0.25, 0.3) is 11.6 Å². The van der Waals surface area contributed by atoms with E-state index in [4.69, 9.17) is 4.42 Å². The van der Waals surface area contributed by atoms with Crippen LogP contribution in [-0.2, 0) is 4.79 Å². The lowest BCUT2D eigenvalue weighted by Crippen LogP contribution is -2.25. The lowest BCUT2D eigenvalue weighted by Gasteiger charge is -2.08. The number of anilines is 1. The largest absolute Gasteiger partial charge is 0.455 e. The fraction of sp³-hybridized carbons (Fsp3) is 0.0435. The van der Waals surface area contributed by atoms with E-state index in [1.807, 2.05) is 42.5 Å². The third-order valence-corrected chi connectivity index (χ3v) is 4.60. The molecule has 0 atom stereocenters. The van der Waals surface area contributed by atoms with Crippen LogP contribution in [0.15, 0.2) is 88.4 Å². The highest BCUT2D eigenvalue weighted by Crippen LogP contribution is 2.30. The van der Waals surface area contributed by atoms with E-state index in [9.17, 15) is 14.9 Å². The van der Waals surface area contributed by atoms with Gasteiger partial charge in [0.1, 0.15) is 11.5 Å². The molecule has 4 rings (SSSR count). The Hall–Kier alpha value is -4.46. The number of carbonyl (C=O) groups is 1. The number of furan rings is 1. The minimum Gasteiger partial charge on any atom is -0.455 e. The van der Waals surface area contributed by atoms with E-state index in [0.29, 0.717) is 17.1 Å². The number of benzene rings is 3. The van der Waals surface area contributed by atoms with Crippen molar-refractivity contribution in [2.45, 2.75) is 0 Å². The highest BCUT2D eigenvalue weighted by molar-refractivity contribution is 5.95. The molecule has 0 fully saturated rings. The molecule has 0 bridgehead atoms. The first-order chi connectivity index (χ1) is 15.1. The number of amides is 1. The van der Waals surface area contributed by atoms with Crippen LogP contribution in [0.2, 0.25) is 0 Å². The molecule has 8 heteroatoms. The number of nitro groups is 1. The predicted molar refractivity (Wildman–Crippen MR) is 119 cm³/mol. The number of hydrazone groups is 1. The summed E-state index contributed by atoms with van der Waals surface area (Å²) in [5.74, 6) is 0.378. The van der Waals surface area contributed by atoms with Gasteiger partial charge in [-0.15, -0.1) is 0 Å². The molecule has 1 aromatic heterocycles. The third kappa shape index (κ3) is 4.59. The van der Waals surface area contributed by atoms with Gasteiger partial charge in [0.15, 0.2) is 0 Å². The van der Waals surface area contributed by atoms with Crippen LogP contribution < -0.4 is 10.7 Å². The predicted octanol–water partition coefficient (Wildman–Crippen LogP) is 4.57. The van der Waals surface area contributed by atoms with Crippen molar-refractivity contribution in [3.8, 4) is 11.3 Å². The monoisotopic (exact) mass is 414 g/mol. The molecule has 31 heavy (non-hydrogen) atoms. The maximum Gasteiger partial charge on any atom is 0.280 e. The molecule has 4 aromatic rings. The zero-order chi connectivity index (χ0) is 21.6. The van der Waals surface area contributed by atoms with Crippen molar-refractivity contribution in [2.24, 2.45) is 5.10 Å². The zero-order valence-electron chi connectivity index (χ0n) is 16.3. The Balaban J connectivity index is 1.36. The molecule has 1 heterocycles. The fourth-order valence-electron chi connectivity index (χ4n) is 3.17. The van der Waals surface area contributed by atoms with Gasteiger partial charge in [0.05, 0.1) is 23.2 Å². The van der Waals surface area contributed by atoms with Gasteiger partial charge < -0.3 is 9.73 Å². The normalized spacial score (nSPS) is 11.0. The van der Waals surface area contributed by atoms with Crippen LogP contribution in [0.3, 0.4) is 0 Å². The maximum absolute atomic E-state index is 12.1. The number of para-hydroxylation sites is 1. The number of hydrogen-bond donors (Lipinski definition) is 2. The lowest BCUT2D eigenvalue weighted by atomic mass is 10.1. The van der Waals surface area contributed by atoms with Gasteiger partial charge in [-0.1, -0.05) is 48.5 Å². The SMILES string of the molecule is O=C(CNc1cccc2ccccc12)NN=Cc1ccc(-c2ccccc2[N+](=O)[O-])o1. The van der Waals surface area contributed by atoms with Gasteiger partial charge >= 0.3 is 0 Å². The standard InChI is InChI=1S/C23H18N4O4/c28-23(15-24-20-10-5-7-16-6-1-2-8-18(16)20)26-25-14-17-12-13-22(31-17)19-9-3-4-11-21(19)27(29)30/h1-14,24H,15H2,(H,26,28). The summed E-state index contributed by atoms with van der Waals surface area (Å²) in [7, 11) is 0. The second-order valence-corrected chi connectivity index (χ2v) is 6.65. The van der Waals surface area contributed by atoms with E-state index >= 15 is 0 Å². The Kier molecular flexibility index (Phi) is 5.70. The van der Waals surface area contributed by atoms with Crippen LogP contribution in [-0.4, -0.2) is 23.6 Å². The molecule has 3 aromatic carbocycles. The highest BCUT2D eigenvalue weighted by Gasteiger charge is 2.16. The van der Waals surface area contributed by atoms with Crippen LogP contribution in [0.1, 0.15) is 5.76 Å². The van der Waals surface area contributed by atoms with Crippen molar-refractivity contribution in [2.75, 3.05) is 11.9 Å². The van der Waals surface area contributed by atoms with E-state index < -0.39 is 4.92 Å². The van der Waals surface area contributed by atoms with Crippen LogP contribution in [0.5, 0.6) is 0 Å². The molecule has 0 aliphatic heterocycles. The average molecular weight is 414 g/mol. The summed E-state index contributed by atoms with van der Waals surface area (Å²) >= 11 is 0. The fourth-order valence-corrected chi connectivity index (χ4v) is 3.17. The van der Waals surface area contributed by atoms with E-state index in [0.717, 1.165) is 16.5 Å². The summed E-state index contributed by atoms with van der Waals surface area (Å²) in [5, 5.41) is 20.3. The Bertz CT molecular complexity index is 1270. The second kappa shape index (κ2) is 8.91. The van der Waals surface area contributed by atoms with Crippen molar-refractivity contribution in [3.05, 3.63) is 94.7 Å². The van der Waals surface area contributed by atoms with Crippen molar-refractivity contribution in [1.82, 2.24) is 5.43 Å². The first-order valence-electron chi connectivity index (χ1n) is 9.49. The third-order valence-electron chi connectivity index (χ3n) is 4.60. The van der Waals surface area contributed by atoms with Gasteiger partial charge in [-0.05, 0) is 29.7 Å². The van der Waals surface area contributed by atoms with Crippen LogP contribution in [0.4, 0.5) is 11.4 Å². The number of hydrogen-bond acceptors (Lipinski definition) is 6. The van der Waals surface area contributed by atoms with Gasteiger partial charge in [0.2, 0.25) is 0 Å². The quantitative estimate of drug-likeness (QED) is 0.261. The van der Waals surface area contributed by atoms with Crippen LogP contribution in [0, 0.1) is 10.1 Å². The second-order valence-electron chi connectivity index (χ2n) is 6.65. The van der Waals surface area contributed by atoms with Crippen molar-refractivity contribution < 1.29 is 14.1 Å². The first-order valence-corrected chi connectivity index (χ1v) is 9.49. The zero-order valence-corrected chi connectivity index (χ0v) is 16.3. The molecular weight excluding hydrogens is 396 g/mol. The van der Waals surface area contributed by atoms with Gasteiger partial charge in [-0.3, -0.25) is 14.9 Å². The number of rotatable bonds is 7. The molecule has 0 radical (unpaired) electrons. The van der Waals surface area contributed by atoms with Gasteiger partial charge in [-0.25, -0.2) is 5.43 Å². The van der Waals surface area contributed by atoms with E-state index in [1.54, 1.807) is 30.3 Å². The van der Waals surface area contributed by atoms with Crippen molar-refractivity contribution in [1.29, 1.82) is 0 Å². The Labute approximate surface area is 177 Å². The number of nitro benzene ring substituents is 1. The van der Waals surface area contributed by atoms with E-state index in [-0.39, 0.29) is 18.1 Å². The molecule has 154 valence electrons. The van der Waals surface area contributed by atoms with Crippen molar-refractivity contribution >= 4 is 34.3 Å². The highest BCUT2D eigenvalue weighted by atomic mass is 16.6. The molecule has 0 spiro atoms. The molecule has 0 aliphatic carbocycles. The molecule has 8 nitrogen and oxygen atoms in total. The van der Waals surface area contributed by atoms with Crippen LogP contribution >= 0.6 is 0 Å². The molecule has 0 unspecified atom stereocenters. The lowest BCUT2D eigenvalue weighted by molar-refractivity contribution is -0.384. The summed E-state index contributed by atoms with van der Waals surface area (Å²) in [6.07, 6.45) is 1.34. The smallest absolute Gasteiger partial charge is 0.280 e. The van der Waals surface area contributed by atoms with Crippen LogP contribution in [0.25, 0.3) is 22.1 Å². The molecule has 0 aliphatic rings. The summed E-state index contributed by atoms with van der Waals surface area (Å²) < 4.78 is 5.60. The summed E-state index contributed by atoms with van der Waals surface area (Å²) in [6, 6.07) is 23.3. The molecule has 2 N–H and O–H groups in total. The number of fused-ring (bicyclic) bond motifs is 1.